The SMILES string of the molecule is O=C(OCc1ccccc1)[C@](F)(OC(F)(F)[C@](F)(OC(F)(F)C(F)(F)C(F)(F)F)C(F)(F)F)C(F)(F)F. The summed E-state index contributed by atoms with van der Waals surface area (Å²) < 4.78 is 228. The second-order valence-electron chi connectivity index (χ2n) is 6.56. The molecule has 0 fully saturated rings. The van der Waals surface area contributed by atoms with E-state index in [2.05, 4.69) is 4.74 Å². The number of carbonyl (C=O) groups is 1. The Kier molecular flexibility index (Phi) is 8.44. The Morgan fingerprint density at radius 2 is 1.05 bits per heavy atom. The van der Waals surface area contributed by atoms with Crippen molar-refractivity contribution in [1.82, 2.24) is 0 Å². The normalized spacial score (nSPS) is 17.6. The first kappa shape index (κ1) is 32.4. The summed E-state index contributed by atoms with van der Waals surface area (Å²) in [6.07, 6.45) is -38.6. The standard InChI is InChI=1S/C16H7F17O4/c17-9(12(21,22)23,8(34)35-6-7-4-2-1-3-5-7)36-16(32,33)11(20,14(27,28)29)37-15(30,31)10(18,19)13(24,25)26/h1-5H,6H2/t9-,11+/m0/s1. The number of ether oxygens (including phenoxy) is 3. The van der Waals surface area contributed by atoms with E-state index < -0.39 is 61.0 Å². The Balaban J connectivity index is 3.52. The maximum absolute atomic E-state index is 14.3. The molecule has 0 bridgehead atoms. The molecule has 0 aliphatic carbocycles. The first-order valence-corrected chi connectivity index (χ1v) is 8.49. The first-order chi connectivity index (χ1) is 16.2. The highest BCUT2D eigenvalue weighted by Crippen LogP contribution is 2.56. The minimum Gasteiger partial charge on any atom is -0.456 e. The number of halogens is 17. The number of carbonyl (C=O) groups excluding carboxylic acids is 1. The molecule has 0 saturated heterocycles. The summed E-state index contributed by atoms with van der Waals surface area (Å²) >= 11 is 0. The van der Waals surface area contributed by atoms with Crippen molar-refractivity contribution in [2.75, 3.05) is 0 Å². The molecule has 214 valence electrons. The highest BCUT2D eigenvalue weighted by atomic mass is 19.4. The smallest absolute Gasteiger partial charge is 0.456 e. The van der Waals surface area contributed by atoms with Gasteiger partial charge >= 0.3 is 54.3 Å². The third-order valence-electron chi connectivity index (χ3n) is 3.84. The molecular formula is C16H7F17O4. The van der Waals surface area contributed by atoms with Gasteiger partial charge in [-0.1, -0.05) is 30.3 Å². The number of hydrogen-bond acceptors (Lipinski definition) is 4. The van der Waals surface area contributed by atoms with Crippen LogP contribution in [0.2, 0.25) is 0 Å². The van der Waals surface area contributed by atoms with Crippen molar-refractivity contribution >= 4 is 5.97 Å². The van der Waals surface area contributed by atoms with E-state index in [0.29, 0.717) is 0 Å². The Hall–Kier alpha value is -2.58. The fourth-order valence-electron chi connectivity index (χ4n) is 1.96. The van der Waals surface area contributed by atoms with E-state index >= 15 is 0 Å². The molecule has 1 rings (SSSR count). The summed E-state index contributed by atoms with van der Waals surface area (Å²) in [6, 6.07) is 5.40. The number of benzene rings is 1. The molecule has 37 heavy (non-hydrogen) atoms. The van der Waals surface area contributed by atoms with Crippen LogP contribution in [0.25, 0.3) is 0 Å². The molecule has 0 unspecified atom stereocenters. The van der Waals surface area contributed by atoms with Gasteiger partial charge < -0.3 is 4.74 Å². The maximum Gasteiger partial charge on any atom is 0.462 e. The van der Waals surface area contributed by atoms with Crippen molar-refractivity contribution in [3.63, 3.8) is 0 Å². The Bertz CT molecular complexity index is 939. The largest absolute Gasteiger partial charge is 0.462 e. The van der Waals surface area contributed by atoms with Gasteiger partial charge in [0.05, 0.1) is 0 Å². The molecule has 21 heteroatoms. The summed E-state index contributed by atoms with van der Waals surface area (Å²) in [7, 11) is 0. The second kappa shape index (κ2) is 9.62. The molecule has 0 spiro atoms. The lowest BCUT2D eigenvalue weighted by molar-refractivity contribution is -0.548. The van der Waals surface area contributed by atoms with Crippen LogP contribution >= 0.6 is 0 Å². The lowest BCUT2D eigenvalue weighted by Crippen LogP contribution is -2.68. The zero-order chi connectivity index (χ0) is 29.5. The molecular weight excluding hydrogens is 579 g/mol. The highest BCUT2D eigenvalue weighted by Gasteiger charge is 2.85. The second-order valence-corrected chi connectivity index (χ2v) is 6.56. The van der Waals surface area contributed by atoms with E-state index in [4.69, 9.17) is 0 Å². The van der Waals surface area contributed by atoms with Crippen molar-refractivity contribution < 1.29 is 93.6 Å². The van der Waals surface area contributed by atoms with Gasteiger partial charge in [0.1, 0.15) is 6.61 Å². The lowest BCUT2D eigenvalue weighted by Gasteiger charge is -2.39. The minimum absolute atomic E-state index is 0.320. The minimum atomic E-state index is -8.07. The Morgan fingerprint density at radius 1 is 0.595 bits per heavy atom. The van der Waals surface area contributed by atoms with Crippen LogP contribution in [0.3, 0.4) is 0 Å². The van der Waals surface area contributed by atoms with Gasteiger partial charge in [-0.05, 0) is 5.56 Å². The van der Waals surface area contributed by atoms with Crippen LogP contribution in [0, 0.1) is 0 Å². The van der Waals surface area contributed by atoms with Crippen LogP contribution in [-0.2, 0) is 25.6 Å². The molecule has 0 heterocycles. The van der Waals surface area contributed by atoms with Gasteiger partial charge in [0, 0.05) is 0 Å². The van der Waals surface area contributed by atoms with Crippen LogP contribution in [0.15, 0.2) is 30.3 Å². The summed E-state index contributed by atoms with van der Waals surface area (Å²) in [6.45, 7) is -1.44. The monoisotopic (exact) mass is 586 g/mol. The van der Waals surface area contributed by atoms with Crippen molar-refractivity contribution in [1.29, 1.82) is 0 Å². The van der Waals surface area contributed by atoms with E-state index in [0.717, 1.165) is 24.3 Å². The molecule has 0 aliphatic rings. The number of hydrogen-bond donors (Lipinski definition) is 0. The molecule has 0 amide bonds. The average molecular weight is 586 g/mol. The van der Waals surface area contributed by atoms with Gasteiger partial charge in [0.25, 0.3) is 0 Å². The van der Waals surface area contributed by atoms with Gasteiger partial charge in [0.2, 0.25) is 0 Å². The quantitative estimate of drug-likeness (QED) is 0.242. The maximum atomic E-state index is 14.3. The van der Waals surface area contributed by atoms with E-state index in [1.807, 2.05) is 4.74 Å². The van der Waals surface area contributed by atoms with E-state index in [1.165, 1.54) is 10.8 Å². The van der Waals surface area contributed by atoms with Crippen LogP contribution < -0.4 is 0 Å². The fourth-order valence-corrected chi connectivity index (χ4v) is 1.96. The predicted octanol–water partition coefficient (Wildman–Crippen LogP) is 6.60. The highest BCUT2D eigenvalue weighted by molar-refractivity contribution is 5.78. The number of alkyl halides is 17. The van der Waals surface area contributed by atoms with E-state index in [-0.39, 0.29) is 5.56 Å². The molecule has 0 radical (unpaired) electrons. The summed E-state index contributed by atoms with van der Waals surface area (Å²) in [5, 5.41) is 0. The molecule has 1 aromatic rings. The van der Waals surface area contributed by atoms with Crippen molar-refractivity contribution in [3.8, 4) is 0 Å². The third kappa shape index (κ3) is 6.12. The lowest BCUT2D eigenvalue weighted by atomic mass is 10.2. The summed E-state index contributed by atoms with van der Waals surface area (Å²) in [4.78, 5) is 11.5. The predicted molar refractivity (Wildman–Crippen MR) is 79.1 cm³/mol. The summed E-state index contributed by atoms with van der Waals surface area (Å²) in [5.41, 5.74) is -0.320. The van der Waals surface area contributed by atoms with Crippen molar-refractivity contribution in [2.45, 2.75) is 55.0 Å². The van der Waals surface area contributed by atoms with Gasteiger partial charge in [0.15, 0.2) is 0 Å². The first-order valence-electron chi connectivity index (χ1n) is 8.49. The molecule has 1 aromatic carbocycles. The zero-order valence-corrected chi connectivity index (χ0v) is 16.7. The molecule has 2 atom stereocenters. The van der Waals surface area contributed by atoms with Crippen LogP contribution in [-0.4, -0.2) is 54.3 Å². The topological polar surface area (TPSA) is 44.8 Å². The molecule has 0 aromatic heterocycles. The molecule has 0 N–H and O–H groups in total. The Labute approximate surface area is 191 Å². The zero-order valence-electron chi connectivity index (χ0n) is 16.7. The molecule has 0 aliphatic heterocycles. The Morgan fingerprint density at radius 3 is 1.43 bits per heavy atom. The number of rotatable bonds is 9. The van der Waals surface area contributed by atoms with Crippen molar-refractivity contribution in [3.05, 3.63) is 35.9 Å². The average Bonchev–Trinajstić information content (AvgIpc) is 2.69. The summed E-state index contributed by atoms with van der Waals surface area (Å²) in [5.74, 6) is -26.5. The van der Waals surface area contributed by atoms with Crippen LogP contribution in [0.4, 0.5) is 74.6 Å². The van der Waals surface area contributed by atoms with Gasteiger partial charge in [-0.2, -0.15) is 74.6 Å². The van der Waals surface area contributed by atoms with Crippen molar-refractivity contribution in [2.24, 2.45) is 0 Å². The molecule has 4 nitrogen and oxygen atoms in total. The van der Waals surface area contributed by atoms with Crippen LogP contribution in [0.5, 0.6) is 0 Å². The van der Waals surface area contributed by atoms with E-state index in [1.54, 1.807) is 0 Å². The number of esters is 1. The fraction of sp³-hybridized carbons (Fsp3) is 0.562. The van der Waals surface area contributed by atoms with Gasteiger partial charge in [-0.25, -0.2) is 4.79 Å². The van der Waals surface area contributed by atoms with Gasteiger partial charge in [-0.3, -0.25) is 9.47 Å². The van der Waals surface area contributed by atoms with E-state index in [9.17, 15) is 79.4 Å². The third-order valence-corrected chi connectivity index (χ3v) is 3.84. The molecule has 0 saturated carbocycles. The van der Waals surface area contributed by atoms with Crippen LogP contribution in [0.1, 0.15) is 5.56 Å². The van der Waals surface area contributed by atoms with Gasteiger partial charge in [-0.15, -0.1) is 0 Å².